The Labute approximate surface area is 124 Å². The fraction of sp³-hybridized carbons (Fsp3) is 0.467. The maximum atomic E-state index is 12.2. The molecular weight excluding hydrogens is 274 g/mol. The van der Waals surface area contributed by atoms with Gasteiger partial charge in [-0.3, -0.25) is 9.59 Å². The van der Waals surface area contributed by atoms with Gasteiger partial charge in [-0.2, -0.15) is 0 Å². The van der Waals surface area contributed by atoms with Gasteiger partial charge in [0, 0.05) is 11.3 Å². The van der Waals surface area contributed by atoms with Crippen molar-refractivity contribution in [2.75, 3.05) is 12.3 Å². The third kappa shape index (κ3) is 6.61. The lowest BCUT2D eigenvalue weighted by Crippen LogP contribution is -2.37. The Morgan fingerprint density at radius 3 is 2.30 bits per heavy atom. The van der Waals surface area contributed by atoms with Crippen LogP contribution in [0.3, 0.4) is 0 Å². The van der Waals surface area contributed by atoms with E-state index in [1.54, 1.807) is 0 Å². The zero-order chi connectivity index (χ0) is 15.2. The van der Waals surface area contributed by atoms with Crippen LogP contribution in [-0.2, 0) is 16.1 Å². The van der Waals surface area contributed by atoms with Gasteiger partial charge in [-0.25, -0.2) is 0 Å². The first kappa shape index (κ1) is 16.6. The van der Waals surface area contributed by atoms with Gasteiger partial charge in [-0.15, -0.1) is 11.8 Å². The molecule has 5 heteroatoms. The standard InChI is InChI=1S/C15H21NO3S/c1-15(2,3)20-11-13(17)16(10-14(18)19)9-12-7-5-4-6-8-12/h4-8H,9-11H2,1-3H3,(H,18,19). The number of carboxylic acid groups (broad SMARTS) is 1. The molecule has 1 rings (SSSR count). The second-order valence-corrected chi connectivity index (χ2v) is 7.33. The predicted molar refractivity (Wildman–Crippen MR) is 81.7 cm³/mol. The number of hydrogen-bond donors (Lipinski definition) is 1. The molecule has 110 valence electrons. The molecule has 0 atom stereocenters. The minimum absolute atomic E-state index is 0.0166. The average Bonchev–Trinajstić information content (AvgIpc) is 2.35. The molecule has 0 bridgehead atoms. The van der Waals surface area contributed by atoms with Gasteiger partial charge >= 0.3 is 5.97 Å². The van der Waals surface area contributed by atoms with Crippen LogP contribution in [0.25, 0.3) is 0 Å². The van der Waals surface area contributed by atoms with E-state index < -0.39 is 5.97 Å². The SMILES string of the molecule is CC(C)(C)SCC(=O)N(CC(=O)O)Cc1ccccc1. The molecule has 4 nitrogen and oxygen atoms in total. The summed E-state index contributed by atoms with van der Waals surface area (Å²) in [6, 6.07) is 9.42. The monoisotopic (exact) mass is 295 g/mol. The van der Waals surface area contributed by atoms with Gasteiger partial charge in [0.2, 0.25) is 5.91 Å². The average molecular weight is 295 g/mol. The van der Waals surface area contributed by atoms with Crippen LogP contribution in [0.5, 0.6) is 0 Å². The lowest BCUT2D eigenvalue weighted by atomic mass is 10.2. The number of amides is 1. The van der Waals surface area contributed by atoms with Crippen molar-refractivity contribution >= 4 is 23.6 Å². The molecule has 1 aromatic rings. The number of carbonyl (C=O) groups excluding carboxylic acids is 1. The van der Waals surface area contributed by atoms with E-state index in [1.807, 2.05) is 51.1 Å². The molecule has 0 aliphatic carbocycles. The second kappa shape index (κ2) is 7.33. The molecule has 0 heterocycles. The van der Waals surface area contributed by atoms with Gasteiger partial charge in [0.1, 0.15) is 6.54 Å². The molecule has 1 amide bonds. The predicted octanol–water partition coefficient (Wildman–Crippen LogP) is 2.63. The first-order valence-corrected chi connectivity index (χ1v) is 7.44. The lowest BCUT2D eigenvalue weighted by molar-refractivity contribution is -0.143. The zero-order valence-corrected chi connectivity index (χ0v) is 12.9. The van der Waals surface area contributed by atoms with Crippen molar-refractivity contribution in [1.82, 2.24) is 4.90 Å². The first-order chi connectivity index (χ1) is 9.28. The Morgan fingerprint density at radius 2 is 1.80 bits per heavy atom. The third-order valence-electron chi connectivity index (χ3n) is 2.52. The smallest absolute Gasteiger partial charge is 0.323 e. The van der Waals surface area contributed by atoms with Crippen LogP contribution in [0.1, 0.15) is 26.3 Å². The van der Waals surface area contributed by atoms with Gasteiger partial charge in [-0.05, 0) is 5.56 Å². The Kier molecular flexibility index (Phi) is 6.07. The Hall–Kier alpha value is -1.49. The highest BCUT2D eigenvalue weighted by atomic mass is 32.2. The number of aliphatic carboxylic acids is 1. The molecule has 0 aliphatic heterocycles. The summed E-state index contributed by atoms with van der Waals surface area (Å²) in [7, 11) is 0. The third-order valence-corrected chi connectivity index (χ3v) is 3.78. The zero-order valence-electron chi connectivity index (χ0n) is 12.1. The molecule has 0 spiro atoms. The Morgan fingerprint density at radius 1 is 1.20 bits per heavy atom. The second-order valence-electron chi connectivity index (χ2n) is 5.53. The molecule has 0 saturated heterocycles. The van der Waals surface area contributed by atoms with Gasteiger partial charge in [0.05, 0.1) is 5.75 Å². The fourth-order valence-electron chi connectivity index (χ4n) is 1.57. The molecule has 1 aromatic carbocycles. The minimum atomic E-state index is -0.991. The highest BCUT2D eigenvalue weighted by Crippen LogP contribution is 2.23. The number of rotatable bonds is 6. The summed E-state index contributed by atoms with van der Waals surface area (Å²) >= 11 is 1.52. The Bertz CT molecular complexity index is 454. The van der Waals surface area contributed by atoms with E-state index in [-0.39, 0.29) is 17.2 Å². The highest BCUT2D eigenvalue weighted by molar-refractivity contribution is 8.01. The van der Waals surface area contributed by atoms with Crippen LogP contribution >= 0.6 is 11.8 Å². The summed E-state index contributed by atoms with van der Waals surface area (Å²) in [6.07, 6.45) is 0. The molecule has 0 unspecified atom stereocenters. The van der Waals surface area contributed by atoms with Gasteiger partial charge in [0.15, 0.2) is 0 Å². The molecule has 1 N–H and O–H groups in total. The van der Waals surface area contributed by atoms with Crippen molar-refractivity contribution in [3.8, 4) is 0 Å². The summed E-state index contributed by atoms with van der Waals surface area (Å²) in [6.45, 7) is 6.16. The van der Waals surface area contributed by atoms with E-state index in [9.17, 15) is 9.59 Å². The van der Waals surface area contributed by atoms with Crippen LogP contribution in [0.2, 0.25) is 0 Å². The van der Waals surface area contributed by atoms with Crippen molar-refractivity contribution in [3.63, 3.8) is 0 Å². The van der Waals surface area contributed by atoms with Crippen molar-refractivity contribution in [2.45, 2.75) is 32.1 Å². The first-order valence-electron chi connectivity index (χ1n) is 6.45. The van der Waals surface area contributed by atoms with Gasteiger partial charge < -0.3 is 10.0 Å². The number of carbonyl (C=O) groups is 2. The molecule has 0 saturated carbocycles. The van der Waals surface area contributed by atoms with Crippen LogP contribution < -0.4 is 0 Å². The summed E-state index contributed by atoms with van der Waals surface area (Å²) < 4.78 is -0.0166. The van der Waals surface area contributed by atoms with Gasteiger partial charge in [-0.1, -0.05) is 51.1 Å². The van der Waals surface area contributed by atoms with Crippen LogP contribution in [-0.4, -0.2) is 38.9 Å². The maximum Gasteiger partial charge on any atom is 0.323 e. The van der Waals surface area contributed by atoms with E-state index >= 15 is 0 Å². The molecule has 0 aliphatic rings. The normalized spacial score (nSPS) is 11.2. The van der Waals surface area contributed by atoms with Crippen molar-refractivity contribution in [3.05, 3.63) is 35.9 Å². The minimum Gasteiger partial charge on any atom is -0.480 e. The molecule has 0 aromatic heterocycles. The summed E-state index contributed by atoms with van der Waals surface area (Å²) in [5, 5.41) is 8.94. The summed E-state index contributed by atoms with van der Waals surface area (Å²) in [4.78, 5) is 24.5. The van der Waals surface area contributed by atoms with Crippen LogP contribution in [0.15, 0.2) is 30.3 Å². The van der Waals surface area contributed by atoms with E-state index in [2.05, 4.69) is 0 Å². The molecule has 20 heavy (non-hydrogen) atoms. The van der Waals surface area contributed by atoms with Crippen molar-refractivity contribution < 1.29 is 14.7 Å². The van der Waals surface area contributed by atoms with E-state index in [0.29, 0.717) is 12.3 Å². The number of thioether (sulfide) groups is 1. The van der Waals surface area contributed by atoms with Gasteiger partial charge in [0.25, 0.3) is 0 Å². The quantitative estimate of drug-likeness (QED) is 0.876. The van der Waals surface area contributed by atoms with Crippen molar-refractivity contribution in [2.24, 2.45) is 0 Å². The summed E-state index contributed by atoms with van der Waals surface area (Å²) in [5.74, 6) is -0.838. The van der Waals surface area contributed by atoms with E-state index in [4.69, 9.17) is 5.11 Å². The maximum absolute atomic E-state index is 12.2. The number of benzene rings is 1. The number of nitrogens with zero attached hydrogens (tertiary/aromatic N) is 1. The Balaban J connectivity index is 2.68. The molecule has 0 radical (unpaired) electrons. The van der Waals surface area contributed by atoms with Crippen LogP contribution in [0, 0.1) is 0 Å². The highest BCUT2D eigenvalue weighted by Gasteiger charge is 2.20. The number of carboxylic acids is 1. The number of hydrogen-bond acceptors (Lipinski definition) is 3. The van der Waals surface area contributed by atoms with E-state index in [1.165, 1.54) is 16.7 Å². The van der Waals surface area contributed by atoms with E-state index in [0.717, 1.165) is 5.56 Å². The molecule has 0 fully saturated rings. The summed E-state index contributed by atoms with van der Waals surface area (Å²) in [5.41, 5.74) is 0.933. The fourth-order valence-corrected chi connectivity index (χ4v) is 2.31. The largest absolute Gasteiger partial charge is 0.480 e. The topological polar surface area (TPSA) is 57.6 Å². The lowest BCUT2D eigenvalue weighted by Gasteiger charge is -2.23. The van der Waals surface area contributed by atoms with Crippen molar-refractivity contribution in [1.29, 1.82) is 0 Å². The molecular formula is C15H21NO3S. The van der Waals surface area contributed by atoms with Crippen LogP contribution in [0.4, 0.5) is 0 Å².